The van der Waals surface area contributed by atoms with Crippen molar-refractivity contribution in [3.05, 3.63) is 17.5 Å². The van der Waals surface area contributed by atoms with Crippen LogP contribution >= 0.6 is 0 Å². The number of fused-ring (bicyclic) bond motifs is 4. The van der Waals surface area contributed by atoms with Gasteiger partial charge in [0.25, 0.3) is 0 Å². The fourth-order valence-electron chi connectivity index (χ4n) is 2.60. The molecule has 0 aromatic carbocycles. The first-order chi connectivity index (χ1) is 7.22. The molecular weight excluding hydrogens is 194 g/mol. The molecule has 5 nitrogen and oxygen atoms in total. The molecule has 1 fully saturated rings. The molecule has 1 aromatic heterocycles. The molecule has 80 valence electrons. The average Bonchev–Trinajstić information content (AvgIpc) is 2.71. The van der Waals surface area contributed by atoms with Gasteiger partial charge in [-0.2, -0.15) is 5.10 Å². The van der Waals surface area contributed by atoms with Gasteiger partial charge in [-0.15, -0.1) is 0 Å². The Hall–Kier alpha value is -1.36. The Bertz CT molecular complexity index is 413. The van der Waals surface area contributed by atoms with Crippen LogP contribution in [0.5, 0.6) is 0 Å². The zero-order valence-corrected chi connectivity index (χ0v) is 8.31. The lowest BCUT2D eigenvalue weighted by Gasteiger charge is -2.19. The summed E-state index contributed by atoms with van der Waals surface area (Å²) in [4.78, 5) is 10.6. The number of nitrogens with one attached hydrogen (secondary N) is 1. The van der Waals surface area contributed by atoms with Crippen LogP contribution in [-0.4, -0.2) is 26.9 Å². The number of aromatic nitrogens is 2. The van der Waals surface area contributed by atoms with Gasteiger partial charge in [0.05, 0.1) is 5.69 Å². The van der Waals surface area contributed by atoms with E-state index in [1.165, 1.54) is 16.7 Å². The van der Waals surface area contributed by atoms with Gasteiger partial charge < -0.3 is 10.4 Å². The van der Waals surface area contributed by atoms with Gasteiger partial charge in [-0.25, -0.2) is 0 Å². The largest absolute Gasteiger partial charge is 0.480 e. The molecule has 0 aliphatic carbocycles. The van der Waals surface area contributed by atoms with Crippen molar-refractivity contribution in [1.82, 2.24) is 15.1 Å². The number of carboxylic acid groups (broad SMARTS) is 1. The minimum Gasteiger partial charge on any atom is -0.480 e. The highest BCUT2D eigenvalue weighted by atomic mass is 16.4. The van der Waals surface area contributed by atoms with Gasteiger partial charge in [0.2, 0.25) is 0 Å². The molecule has 2 unspecified atom stereocenters. The van der Waals surface area contributed by atoms with Gasteiger partial charge >= 0.3 is 5.97 Å². The molecule has 2 bridgehead atoms. The van der Waals surface area contributed by atoms with E-state index in [0.717, 1.165) is 18.5 Å². The van der Waals surface area contributed by atoms with Gasteiger partial charge in [-0.3, -0.25) is 9.48 Å². The third-order valence-electron chi connectivity index (χ3n) is 3.22. The standard InChI is InChI=1S/C10H13N3O2/c14-10(15)5-13-4-7-8-2-1-6(11-8)3-9(7)12-13/h4,6,8,11H,1-3,5H2,(H,14,15). The van der Waals surface area contributed by atoms with E-state index >= 15 is 0 Å². The van der Waals surface area contributed by atoms with E-state index in [2.05, 4.69) is 10.4 Å². The van der Waals surface area contributed by atoms with Gasteiger partial charge in [-0.1, -0.05) is 0 Å². The van der Waals surface area contributed by atoms with Gasteiger partial charge in [-0.05, 0) is 12.8 Å². The zero-order chi connectivity index (χ0) is 10.4. The summed E-state index contributed by atoms with van der Waals surface area (Å²) < 4.78 is 1.54. The Morgan fingerprint density at radius 3 is 3.33 bits per heavy atom. The maximum Gasteiger partial charge on any atom is 0.325 e. The van der Waals surface area contributed by atoms with Crippen molar-refractivity contribution in [2.24, 2.45) is 0 Å². The molecule has 2 aliphatic rings. The van der Waals surface area contributed by atoms with E-state index in [1.54, 1.807) is 0 Å². The summed E-state index contributed by atoms with van der Waals surface area (Å²) in [5, 5.41) is 16.5. The van der Waals surface area contributed by atoms with E-state index in [1.807, 2.05) is 6.20 Å². The Kier molecular flexibility index (Phi) is 1.82. The molecular formula is C10H13N3O2. The first-order valence-electron chi connectivity index (χ1n) is 5.26. The monoisotopic (exact) mass is 207 g/mol. The van der Waals surface area contributed by atoms with Crippen LogP contribution < -0.4 is 5.32 Å². The van der Waals surface area contributed by atoms with Gasteiger partial charge in [0.15, 0.2) is 0 Å². The molecule has 3 heterocycles. The molecule has 0 spiro atoms. The predicted molar refractivity (Wildman–Crippen MR) is 52.5 cm³/mol. The normalized spacial score (nSPS) is 27.7. The summed E-state index contributed by atoms with van der Waals surface area (Å²) in [5.41, 5.74) is 2.28. The third-order valence-corrected chi connectivity index (χ3v) is 3.22. The first kappa shape index (κ1) is 8.91. The van der Waals surface area contributed by atoms with Gasteiger partial charge in [0.1, 0.15) is 6.54 Å². The van der Waals surface area contributed by atoms with E-state index in [0.29, 0.717) is 12.1 Å². The van der Waals surface area contributed by atoms with E-state index in [4.69, 9.17) is 5.11 Å². The summed E-state index contributed by atoms with van der Waals surface area (Å²) in [6, 6.07) is 0.956. The quantitative estimate of drug-likeness (QED) is 0.732. The van der Waals surface area contributed by atoms with E-state index in [9.17, 15) is 4.79 Å². The summed E-state index contributed by atoms with van der Waals surface area (Å²) in [7, 11) is 0. The van der Waals surface area contributed by atoms with Crippen molar-refractivity contribution in [2.45, 2.75) is 37.9 Å². The Morgan fingerprint density at radius 1 is 1.67 bits per heavy atom. The Labute approximate surface area is 87.1 Å². The number of hydrogen-bond acceptors (Lipinski definition) is 3. The SMILES string of the molecule is O=C(O)Cn1cc2c(n1)CC1CCC2N1. The number of rotatable bonds is 2. The fraction of sp³-hybridized carbons (Fsp3) is 0.600. The van der Waals surface area contributed by atoms with Crippen molar-refractivity contribution in [1.29, 1.82) is 0 Å². The highest BCUT2D eigenvalue weighted by molar-refractivity contribution is 5.66. The minimum absolute atomic E-state index is 0.0373. The molecule has 0 radical (unpaired) electrons. The van der Waals surface area contributed by atoms with Crippen LogP contribution in [0.15, 0.2) is 6.20 Å². The smallest absolute Gasteiger partial charge is 0.325 e. The van der Waals surface area contributed by atoms with Crippen molar-refractivity contribution in [2.75, 3.05) is 0 Å². The maximum absolute atomic E-state index is 10.6. The third kappa shape index (κ3) is 1.43. The van der Waals surface area contributed by atoms with Crippen molar-refractivity contribution in [3.63, 3.8) is 0 Å². The van der Waals surface area contributed by atoms with Crippen molar-refractivity contribution in [3.8, 4) is 0 Å². The Balaban J connectivity index is 1.92. The maximum atomic E-state index is 10.6. The van der Waals surface area contributed by atoms with Gasteiger partial charge in [0, 0.05) is 30.3 Å². The van der Waals surface area contributed by atoms with Crippen LogP contribution in [0.2, 0.25) is 0 Å². The van der Waals surface area contributed by atoms with E-state index < -0.39 is 5.97 Å². The summed E-state index contributed by atoms with van der Waals surface area (Å²) >= 11 is 0. The second-order valence-corrected chi connectivity index (χ2v) is 4.32. The average molecular weight is 207 g/mol. The molecule has 2 atom stereocenters. The lowest BCUT2D eigenvalue weighted by molar-refractivity contribution is -0.137. The van der Waals surface area contributed by atoms with Crippen LogP contribution in [-0.2, 0) is 17.8 Å². The Morgan fingerprint density at radius 2 is 2.53 bits per heavy atom. The van der Waals surface area contributed by atoms with Crippen LogP contribution in [0.4, 0.5) is 0 Å². The molecule has 5 heteroatoms. The lowest BCUT2D eigenvalue weighted by Crippen LogP contribution is -2.31. The number of carbonyl (C=O) groups is 1. The topological polar surface area (TPSA) is 67.1 Å². The predicted octanol–water partition coefficient (Wildman–Crippen LogP) is 0.317. The summed E-state index contributed by atoms with van der Waals surface area (Å²) in [5.74, 6) is -0.840. The molecule has 2 N–H and O–H groups in total. The van der Waals surface area contributed by atoms with Crippen LogP contribution in [0.1, 0.15) is 30.1 Å². The molecule has 1 aromatic rings. The van der Waals surface area contributed by atoms with E-state index in [-0.39, 0.29) is 6.54 Å². The molecule has 0 saturated carbocycles. The molecule has 15 heavy (non-hydrogen) atoms. The van der Waals surface area contributed by atoms with Crippen molar-refractivity contribution < 1.29 is 9.90 Å². The lowest BCUT2D eigenvalue weighted by atomic mass is 10.0. The van der Waals surface area contributed by atoms with Crippen molar-refractivity contribution >= 4 is 5.97 Å². The number of carboxylic acids is 1. The molecule has 1 saturated heterocycles. The second kappa shape index (κ2) is 3.06. The summed E-state index contributed by atoms with van der Waals surface area (Å²) in [6.45, 7) is -0.0373. The number of hydrogen-bond donors (Lipinski definition) is 2. The van der Waals surface area contributed by atoms with Crippen LogP contribution in [0.25, 0.3) is 0 Å². The highest BCUT2D eigenvalue weighted by Crippen LogP contribution is 2.34. The second-order valence-electron chi connectivity index (χ2n) is 4.32. The number of aliphatic carboxylic acids is 1. The number of nitrogens with zero attached hydrogens (tertiary/aromatic N) is 2. The fourth-order valence-corrected chi connectivity index (χ4v) is 2.60. The van der Waals surface area contributed by atoms with Crippen LogP contribution in [0, 0.1) is 0 Å². The first-order valence-corrected chi connectivity index (χ1v) is 5.26. The van der Waals surface area contributed by atoms with Crippen LogP contribution in [0.3, 0.4) is 0 Å². The molecule has 2 aliphatic heterocycles. The highest BCUT2D eigenvalue weighted by Gasteiger charge is 2.34. The minimum atomic E-state index is -0.840. The molecule has 3 rings (SSSR count). The zero-order valence-electron chi connectivity index (χ0n) is 8.31. The summed E-state index contributed by atoms with van der Waals surface area (Å²) in [6.07, 6.45) is 5.18. The molecule has 0 amide bonds.